The van der Waals surface area contributed by atoms with Crippen LogP contribution in [0.2, 0.25) is 0 Å². The van der Waals surface area contributed by atoms with Crippen LogP contribution in [0.1, 0.15) is 0 Å². The summed E-state index contributed by atoms with van der Waals surface area (Å²) in [5.41, 5.74) is 10.5. The van der Waals surface area contributed by atoms with E-state index in [1.807, 2.05) is 65.6 Å². The van der Waals surface area contributed by atoms with Crippen molar-refractivity contribution in [3.05, 3.63) is 71.0 Å². The van der Waals surface area contributed by atoms with Crippen molar-refractivity contribution in [1.82, 2.24) is 14.8 Å². The first-order valence-corrected chi connectivity index (χ1v) is 9.62. The number of pyridine rings is 1. The van der Waals surface area contributed by atoms with Crippen molar-refractivity contribution in [1.29, 1.82) is 0 Å². The lowest BCUT2D eigenvalue weighted by Crippen LogP contribution is -2.39. The van der Waals surface area contributed by atoms with Crippen molar-refractivity contribution in [2.24, 2.45) is 0 Å². The fraction of sp³-hybridized carbons (Fsp3) is 0.182. The van der Waals surface area contributed by atoms with Crippen molar-refractivity contribution in [2.45, 2.75) is 0 Å². The Morgan fingerprint density at radius 1 is 0.966 bits per heavy atom. The minimum Gasteiger partial charge on any atom is -0.396 e. The molecule has 5 rings (SSSR count). The van der Waals surface area contributed by atoms with Crippen LogP contribution in [-0.2, 0) is 4.74 Å². The molecule has 4 aromatic rings. The highest BCUT2D eigenvalue weighted by Crippen LogP contribution is 2.36. The van der Waals surface area contributed by atoms with Gasteiger partial charge in [-0.15, -0.1) is 0 Å². The van der Waals surface area contributed by atoms with E-state index in [0.717, 1.165) is 22.3 Å². The van der Waals surface area contributed by atoms with Crippen LogP contribution in [0.15, 0.2) is 65.5 Å². The van der Waals surface area contributed by atoms with Crippen molar-refractivity contribution >= 4 is 22.4 Å². The Kier molecular flexibility index (Phi) is 4.29. The number of nitrogens with two attached hydrogens (primary N) is 1. The third kappa shape index (κ3) is 2.96. The Balaban J connectivity index is 1.82. The zero-order chi connectivity index (χ0) is 19.8. The van der Waals surface area contributed by atoms with E-state index in [0.29, 0.717) is 43.3 Å². The number of hydrogen-bond donors (Lipinski definition) is 2. The molecule has 7 nitrogen and oxygen atoms in total. The molecule has 1 fully saturated rings. The maximum Gasteiger partial charge on any atom is 0.275 e. The molecule has 0 atom stereocenters. The Labute approximate surface area is 167 Å². The molecule has 1 aliphatic heterocycles. The number of morpholine rings is 1. The van der Waals surface area contributed by atoms with Gasteiger partial charge >= 0.3 is 0 Å². The zero-order valence-electron chi connectivity index (χ0n) is 15.8. The van der Waals surface area contributed by atoms with Crippen LogP contribution in [0, 0.1) is 0 Å². The quantitative estimate of drug-likeness (QED) is 0.564. The molecule has 0 saturated carbocycles. The number of anilines is 2. The van der Waals surface area contributed by atoms with E-state index in [9.17, 15) is 4.79 Å². The maximum absolute atomic E-state index is 13.0. The van der Waals surface area contributed by atoms with E-state index in [2.05, 4.69) is 4.98 Å². The molecule has 0 aliphatic carbocycles. The predicted molar refractivity (Wildman–Crippen MR) is 115 cm³/mol. The number of rotatable bonds is 3. The number of nitrogen functional groups attached to an aromatic ring is 1. The van der Waals surface area contributed by atoms with Gasteiger partial charge in [0.2, 0.25) is 0 Å². The number of benzene rings is 2. The van der Waals surface area contributed by atoms with Crippen LogP contribution < -0.4 is 16.2 Å². The summed E-state index contributed by atoms with van der Waals surface area (Å²) in [6.07, 6.45) is 0. The monoisotopic (exact) mass is 387 g/mol. The van der Waals surface area contributed by atoms with Crippen molar-refractivity contribution in [3.63, 3.8) is 0 Å². The van der Waals surface area contributed by atoms with E-state index in [4.69, 9.17) is 15.6 Å². The Morgan fingerprint density at radius 2 is 1.62 bits per heavy atom. The lowest BCUT2D eigenvalue weighted by Gasteiger charge is -2.29. The molecule has 0 radical (unpaired) electrons. The highest BCUT2D eigenvalue weighted by Gasteiger charge is 2.24. The molecule has 0 bridgehead atoms. The molecule has 1 saturated heterocycles. The van der Waals surface area contributed by atoms with Crippen LogP contribution in [0.4, 0.5) is 11.4 Å². The summed E-state index contributed by atoms with van der Waals surface area (Å²) in [6, 6.07) is 19.6. The van der Waals surface area contributed by atoms with E-state index >= 15 is 0 Å². The number of para-hydroxylation sites is 1. The van der Waals surface area contributed by atoms with E-state index < -0.39 is 0 Å². The summed E-state index contributed by atoms with van der Waals surface area (Å²) in [6.45, 7) is 2.41. The van der Waals surface area contributed by atoms with Gasteiger partial charge < -0.3 is 20.4 Å². The van der Waals surface area contributed by atoms with Gasteiger partial charge in [-0.1, -0.05) is 48.5 Å². The second kappa shape index (κ2) is 7.10. The van der Waals surface area contributed by atoms with Gasteiger partial charge in [-0.3, -0.25) is 4.79 Å². The summed E-state index contributed by atoms with van der Waals surface area (Å²) in [5.74, 6) is 0. The fourth-order valence-corrected chi connectivity index (χ4v) is 3.85. The summed E-state index contributed by atoms with van der Waals surface area (Å²) in [5, 5.41) is 5.59. The number of ether oxygens (including phenoxy) is 1. The van der Waals surface area contributed by atoms with Crippen molar-refractivity contribution < 1.29 is 4.74 Å². The number of fused-ring (bicyclic) bond motifs is 1. The molecule has 2 aromatic heterocycles. The van der Waals surface area contributed by atoms with Crippen molar-refractivity contribution in [2.75, 3.05) is 36.9 Å². The first kappa shape index (κ1) is 17.5. The average Bonchev–Trinajstić information content (AvgIpc) is 3.15. The molecule has 0 unspecified atom stereocenters. The number of hydrogen-bond acceptors (Lipinski definition) is 5. The van der Waals surface area contributed by atoms with Crippen LogP contribution in [-0.4, -0.2) is 41.1 Å². The molecule has 2 aromatic carbocycles. The van der Waals surface area contributed by atoms with Gasteiger partial charge in [-0.25, -0.2) is 4.68 Å². The smallest absolute Gasteiger partial charge is 0.275 e. The Morgan fingerprint density at radius 3 is 2.31 bits per heavy atom. The summed E-state index contributed by atoms with van der Waals surface area (Å²) >= 11 is 0. The molecule has 0 spiro atoms. The van der Waals surface area contributed by atoms with Crippen LogP contribution in [0.5, 0.6) is 0 Å². The van der Waals surface area contributed by atoms with Crippen LogP contribution in [0.25, 0.3) is 28.0 Å². The number of aromatic nitrogens is 3. The van der Waals surface area contributed by atoms with E-state index in [1.54, 1.807) is 4.68 Å². The van der Waals surface area contributed by atoms with Crippen LogP contribution >= 0.6 is 0 Å². The number of H-pyrrole nitrogens is 1. The predicted octanol–water partition coefficient (Wildman–Crippen LogP) is 2.80. The lowest BCUT2D eigenvalue weighted by atomic mass is 10.1. The molecule has 0 amide bonds. The van der Waals surface area contributed by atoms with Gasteiger partial charge in [-0.2, -0.15) is 5.10 Å². The first-order valence-electron chi connectivity index (χ1n) is 9.62. The molecule has 3 N–H and O–H groups in total. The average molecular weight is 387 g/mol. The molecule has 146 valence electrons. The second-order valence-corrected chi connectivity index (χ2v) is 7.00. The SMILES string of the molecule is Nc1c(N2CCOCC2)c(=O)[nH]c2c1c(-c1ccccc1)nn2-c1ccccc1. The fourth-order valence-electron chi connectivity index (χ4n) is 3.85. The third-order valence-electron chi connectivity index (χ3n) is 5.23. The van der Waals surface area contributed by atoms with Crippen molar-refractivity contribution in [3.8, 4) is 16.9 Å². The van der Waals surface area contributed by atoms with Gasteiger partial charge in [0, 0.05) is 18.7 Å². The third-order valence-corrected chi connectivity index (χ3v) is 5.23. The lowest BCUT2D eigenvalue weighted by molar-refractivity contribution is 0.122. The topological polar surface area (TPSA) is 89.2 Å². The van der Waals surface area contributed by atoms with Gasteiger partial charge in [0.15, 0.2) is 0 Å². The summed E-state index contributed by atoms with van der Waals surface area (Å²) in [7, 11) is 0. The van der Waals surface area contributed by atoms with Gasteiger partial charge in [0.25, 0.3) is 5.56 Å². The minimum atomic E-state index is -0.214. The Bertz CT molecular complexity index is 1210. The molecule has 7 heteroatoms. The minimum absolute atomic E-state index is 0.214. The Hall–Kier alpha value is -3.58. The second-order valence-electron chi connectivity index (χ2n) is 7.00. The molecule has 3 heterocycles. The van der Waals surface area contributed by atoms with Gasteiger partial charge in [0.1, 0.15) is 17.0 Å². The zero-order valence-corrected chi connectivity index (χ0v) is 15.8. The molecule has 1 aliphatic rings. The molecular weight excluding hydrogens is 366 g/mol. The largest absolute Gasteiger partial charge is 0.396 e. The normalized spacial score (nSPS) is 14.4. The van der Waals surface area contributed by atoms with Gasteiger partial charge in [-0.05, 0) is 12.1 Å². The first-order chi connectivity index (χ1) is 14.2. The standard InChI is InChI=1S/C22H21N5O2/c23-18-17-19(15-7-3-1-4-8-15)25-27(16-9-5-2-6-10-16)21(17)24-22(28)20(18)26-11-13-29-14-12-26/h1-10H,11-14H2,(H3,23,24,28). The summed E-state index contributed by atoms with van der Waals surface area (Å²) in [4.78, 5) is 18.1. The maximum atomic E-state index is 13.0. The number of aromatic amines is 1. The highest BCUT2D eigenvalue weighted by atomic mass is 16.5. The summed E-state index contributed by atoms with van der Waals surface area (Å²) < 4.78 is 7.18. The molecule has 29 heavy (non-hydrogen) atoms. The van der Waals surface area contributed by atoms with E-state index in [-0.39, 0.29) is 5.56 Å². The molecular formula is C22H21N5O2. The number of nitrogens with zero attached hydrogens (tertiary/aromatic N) is 3. The van der Waals surface area contributed by atoms with Gasteiger partial charge in [0.05, 0.1) is 30.0 Å². The van der Waals surface area contributed by atoms with E-state index in [1.165, 1.54) is 0 Å². The van der Waals surface area contributed by atoms with Crippen LogP contribution in [0.3, 0.4) is 0 Å². The highest BCUT2D eigenvalue weighted by molar-refractivity contribution is 6.04. The number of nitrogens with one attached hydrogen (secondary N) is 1.